The van der Waals surface area contributed by atoms with Crippen molar-refractivity contribution in [2.75, 3.05) is 18.3 Å². The molecule has 0 radical (unpaired) electrons. The van der Waals surface area contributed by atoms with Crippen LogP contribution in [-0.4, -0.2) is 23.8 Å². The third-order valence-electron chi connectivity index (χ3n) is 1.60. The van der Waals surface area contributed by atoms with Gasteiger partial charge in [-0.05, 0) is 0 Å². The number of nitrogen functional groups attached to an aromatic ring is 1. The van der Waals surface area contributed by atoms with E-state index >= 15 is 0 Å². The van der Waals surface area contributed by atoms with Crippen LogP contribution in [0.4, 0.5) is 5.13 Å². The lowest BCUT2D eigenvalue weighted by Crippen LogP contribution is -2.05. The number of aromatic nitrogens is 1. The van der Waals surface area contributed by atoms with Crippen LogP contribution in [0.1, 0.15) is 11.3 Å². The fraction of sp³-hybridized carbons (Fsp3) is 0.500. The van der Waals surface area contributed by atoms with E-state index in [4.69, 9.17) is 5.84 Å². The highest BCUT2D eigenvalue weighted by Crippen LogP contribution is 2.22. The molecule has 0 amide bonds. The molecule has 0 unspecified atom stereocenters. The van der Waals surface area contributed by atoms with Gasteiger partial charge in [0.05, 0.1) is 13.5 Å². The van der Waals surface area contributed by atoms with Gasteiger partial charge in [0.25, 0.3) is 0 Å². The zero-order valence-corrected chi connectivity index (χ0v) is 9.99. The first-order valence-corrected chi connectivity index (χ1v) is 6.29. The number of hydrogen-bond donors (Lipinski definition) is 2. The maximum atomic E-state index is 10.8. The molecule has 15 heavy (non-hydrogen) atoms. The van der Waals surface area contributed by atoms with E-state index in [1.807, 2.05) is 0 Å². The Labute approximate surface area is 96.4 Å². The van der Waals surface area contributed by atoms with Gasteiger partial charge in [-0.15, -0.1) is 11.3 Å². The lowest BCUT2D eigenvalue weighted by molar-refractivity contribution is -0.140. The summed E-state index contributed by atoms with van der Waals surface area (Å²) < 4.78 is 4.54. The second-order valence-electron chi connectivity index (χ2n) is 2.65. The number of nitrogens with zero attached hydrogens (tertiary/aromatic N) is 1. The second-order valence-corrected chi connectivity index (χ2v) is 4.88. The molecule has 5 nitrogen and oxygen atoms in total. The number of thiazole rings is 1. The zero-order chi connectivity index (χ0) is 11.1. The van der Waals surface area contributed by atoms with Gasteiger partial charge >= 0.3 is 5.97 Å². The molecule has 1 heterocycles. The minimum absolute atomic E-state index is 0.170. The summed E-state index contributed by atoms with van der Waals surface area (Å²) in [6.45, 7) is 0. The van der Waals surface area contributed by atoms with Crippen molar-refractivity contribution in [2.45, 2.75) is 12.2 Å². The van der Waals surface area contributed by atoms with Gasteiger partial charge in [-0.1, -0.05) is 0 Å². The smallest absolute Gasteiger partial charge is 0.306 e. The molecule has 1 aromatic heterocycles. The Morgan fingerprint density at radius 2 is 2.60 bits per heavy atom. The molecule has 0 aliphatic heterocycles. The number of hydrogen-bond acceptors (Lipinski definition) is 7. The number of hydrazine groups is 1. The molecule has 0 saturated carbocycles. The lowest BCUT2D eigenvalue weighted by atomic mass is 10.5. The number of esters is 1. The number of rotatable bonds is 6. The molecule has 3 N–H and O–H groups in total. The molecule has 0 atom stereocenters. The van der Waals surface area contributed by atoms with Crippen molar-refractivity contribution in [3.8, 4) is 0 Å². The van der Waals surface area contributed by atoms with Crippen molar-refractivity contribution in [3.05, 3.63) is 11.1 Å². The van der Waals surface area contributed by atoms with Gasteiger partial charge in [0, 0.05) is 22.6 Å². The highest BCUT2D eigenvalue weighted by atomic mass is 32.2. The molecule has 0 saturated heterocycles. The molecule has 1 rings (SSSR count). The summed E-state index contributed by atoms with van der Waals surface area (Å²) >= 11 is 3.19. The van der Waals surface area contributed by atoms with E-state index in [-0.39, 0.29) is 5.97 Å². The summed E-state index contributed by atoms with van der Waals surface area (Å²) in [6.07, 6.45) is 2.23. The van der Waals surface area contributed by atoms with E-state index in [1.165, 1.54) is 18.4 Å². The van der Waals surface area contributed by atoms with Crippen LogP contribution in [0.15, 0.2) is 6.20 Å². The Morgan fingerprint density at radius 3 is 3.20 bits per heavy atom. The lowest BCUT2D eigenvalue weighted by Gasteiger charge is -1.98. The van der Waals surface area contributed by atoms with E-state index in [0.29, 0.717) is 11.6 Å². The summed E-state index contributed by atoms with van der Waals surface area (Å²) in [5.74, 6) is 6.64. The fourth-order valence-electron chi connectivity index (χ4n) is 0.871. The second kappa shape index (κ2) is 6.65. The standard InChI is InChI=1S/C8H13N3O2S2/c1-13-7(12)2-3-14-5-6-4-10-8(11-9)15-6/h4H,2-3,5,9H2,1H3,(H,10,11). The van der Waals surface area contributed by atoms with Gasteiger partial charge in [0.2, 0.25) is 0 Å². The maximum absolute atomic E-state index is 10.8. The highest BCUT2D eigenvalue weighted by Gasteiger charge is 2.02. The van der Waals surface area contributed by atoms with E-state index in [2.05, 4.69) is 15.1 Å². The Morgan fingerprint density at radius 1 is 1.80 bits per heavy atom. The summed E-state index contributed by atoms with van der Waals surface area (Å²) in [6, 6.07) is 0. The predicted molar refractivity (Wildman–Crippen MR) is 62.7 cm³/mol. The number of nitrogens with two attached hydrogens (primary N) is 1. The molecule has 0 aliphatic rings. The Hall–Kier alpha value is -0.790. The monoisotopic (exact) mass is 247 g/mol. The SMILES string of the molecule is COC(=O)CCSCc1cnc(NN)s1. The average molecular weight is 247 g/mol. The van der Waals surface area contributed by atoms with Crippen molar-refractivity contribution in [1.82, 2.24) is 4.98 Å². The first-order valence-electron chi connectivity index (χ1n) is 4.32. The Balaban J connectivity index is 2.17. The van der Waals surface area contributed by atoms with Crippen molar-refractivity contribution in [1.29, 1.82) is 0 Å². The quantitative estimate of drug-likeness (QED) is 0.341. The van der Waals surface area contributed by atoms with Crippen LogP contribution in [0.3, 0.4) is 0 Å². The third kappa shape index (κ3) is 4.50. The minimum atomic E-state index is -0.170. The van der Waals surface area contributed by atoms with Gasteiger partial charge in [0.15, 0.2) is 5.13 Å². The number of thioether (sulfide) groups is 1. The molecular formula is C8H13N3O2S2. The van der Waals surface area contributed by atoms with E-state index in [1.54, 1.807) is 18.0 Å². The zero-order valence-electron chi connectivity index (χ0n) is 8.36. The van der Waals surface area contributed by atoms with Crippen molar-refractivity contribution < 1.29 is 9.53 Å². The van der Waals surface area contributed by atoms with Gasteiger partial charge in [0.1, 0.15) is 0 Å². The molecule has 1 aromatic rings. The first-order chi connectivity index (χ1) is 7.26. The summed E-state index contributed by atoms with van der Waals surface area (Å²) in [4.78, 5) is 16.0. The van der Waals surface area contributed by atoms with E-state index < -0.39 is 0 Å². The van der Waals surface area contributed by atoms with Gasteiger partial charge < -0.3 is 4.74 Å². The topological polar surface area (TPSA) is 77.2 Å². The first kappa shape index (κ1) is 12.3. The molecule has 84 valence electrons. The number of ether oxygens (including phenoxy) is 1. The van der Waals surface area contributed by atoms with Crippen molar-refractivity contribution in [3.63, 3.8) is 0 Å². The van der Waals surface area contributed by atoms with Crippen LogP contribution in [0.25, 0.3) is 0 Å². The molecule has 0 spiro atoms. The van der Waals surface area contributed by atoms with Crippen molar-refractivity contribution in [2.24, 2.45) is 5.84 Å². The van der Waals surface area contributed by atoms with Crippen LogP contribution in [0.5, 0.6) is 0 Å². The third-order valence-corrected chi connectivity index (χ3v) is 3.72. The largest absolute Gasteiger partial charge is 0.469 e. The van der Waals surface area contributed by atoms with Gasteiger partial charge in [-0.3, -0.25) is 10.2 Å². The molecular weight excluding hydrogens is 234 g/mol. The number of nitrogens with one attached hydrogen (secondary N) is 1. The predicted octanol–water partition coefficient (Wildman–Crippen LogP) is 1.22. The van der Waals surface area contributed by atoms with Crippen LogP contribution < -0.4 is 11.3 Å². The summed E-state index contributed by atoms with van der Waals surface area (Å²) in [7, 11) is 1.40. The fourth-order valence-corrected chi connectivity index (χ4v) is 2.61. The Bertz CT molecular complexity index is 317. The summed E-state index contributed by atoms with van der Waals surface area (Å²) in [5, 5.41) is 0.707. The van der Waals surface area contributed by atoms with Crippen molar-refractivity contribution >= 4 is 34.2 Å². The van der Waals surface area contributed by atoms with Crippen LogP contribution in [0, 0.1) is 0 Å². The minimum Gasteiger partial charge on any atom is -0.469 e. The average Bonchev–Trinajstić information content (AvgIpc) is 2.72. The number of carbonyl (C=O) groups excluding carboxylic acids is 1. The highest BCUT2D eigenvalue weighted by molar-refractivity contribution is 7.98. The van der Waals surface area contributed by atoms with Crippen LogP contribution >= 0.6 is 23.1 Å². The van der Waals surface area contributed by atoms with Crippen LogP contribution in [-0.2, 0) is 15.3 Å². The van der Waals surface area contributed by atoms with E-state index in [9.17, 15) is 4.79 Å². The van der Waals surface area contributed by atoms with Gasteiger partial charge in [-0.25, -0.2) is 10.8 Å². The number of anilines is 1. The number of methoxy groups -OCH3 is 1. The molecule has 0 aromatic carbocycles. The maximum Gasteiger partial charge on any atom is 0.306 e. The number of carbonyl (C=O) groups is 1. The molecule has 0 bridgehead atoms. The summed E-state index contributed by atoms with van der Waals surface area (Å²) in [5.41, 5.74) is 2.49. The normalized spacial score (nSPS) is 10.0. The van der Waals surface area contributed by atoms with Crippen LogP contribution in [0.2, 0.25) is 0 Å². The van der Waals surface area contributed by atoms with Gasteiger partial charge in [-0.2, -0.15) is 11.8 Å². The molecule has 7 heteroatoms. The molecule has 0 aliphatic carbocycles. The Kier molecular flexibility index (Phi) is 5.44. The van der Waals surface area contributed by atoms with E-state index in [0.717, 1.165) is 16.4 Å². The molecule has 0 fully saturated rings.